The molecule has 0 radical (unpaired) electrons. The lowest BCUT2D eigenvalue weighted by Crippen LogP contribution is -2.23. The fourth-order valence-corrected chi connectivity index (χ4v) is 2.05. The van der Waals surface area contributed by atoms with Gasteiger partial charge in [-0.1, -0.05) is 30.3 Å². The van der Waals surface area contributed by atoms with Crippen molar-refractivity contribution in [2.75, 3.05) is 5.73 Å². The second kappa shape index (κ2) is 6.88. The van der Waals surface area contributed by atoms with Gasteiger partial charge in [-0.3, -0.25) is 4.79 Å². The van der Waals surface area contributed by atoms with E-state index in [9.17, 15) is 9.18 Å². The molecule has 3 nitrogen and oxygen atoms in total. The van der Waals surface area contributed by atoms with Crippen molar-refractivity contribution >= 4 is 11.6 Å². The predicted molar refractivity (Wildman–Crippen MR) is 82.2 cm³/mol. The molecule has 0 aromatic heterocycles. The topological polar surface area (TPSA) is 55.1 Å². The lowest BCUT2D eigenvalue weighted by atomic mass is 10.1. The Labute approximate surface area is 124 Å². The van der Waals surface area contributed by atoms with E-state index in [4.69, 9.17) is 5.73 Å². The average molecular weight is 286 g/mol. The fourth-order valence-electron chi connectivity index (χ4n) is 2.05. The van der Waals surface area contributed by atoms with Crippen molar-refractivity contribution in [3.05, 3.63) is 65.0 Å². The van der Waals surface area contributed by atoms with E-state index in [-0.39, 0.29) is 11.7 Å². The highest BCUT2D eigenvalue weighted by Gasteiger charge is 2.05. The number of anilines is 1. The number of aryl methyl sites for hydroxylation is 2. The smallest absolute Gasteiger partial charge is 0.220 e. The van der Waals surface area contributed by atoms with Crippen LogP contribution in [0.4, 0.5) is 10.1 Å². The predicted octanol–water partition coefficient (Wildman–Crippen LogP) is 2.97. The van der Waals surface area contributed by atoms with Gasteiger partial charge in [0.1, 0.15) is 5.82 Å². The molecule has 21 heavy (non-hydrogen) atoms. The highest BCUT2D eigenvalue weighted by Crippen LogP contribution is 2.13. The minimum atomic E-state index is -0.251. The molecule has 0 unspecified atom stereocenters. The number of halogens is 1. The Balaban J connectivity index is 1.82. The van der Waals surface area contributed by atoms with Crippen LogP contribution in [0.25, 0.3) is 0 Å². The van der Waals surface area contributed by atoms with Gasteiger partial charge in [-0.15, -0.1) is 0 Å². The zero-order valence-electron chi connectivity index (χ0n) is 12.0. The van der Waals surface area contributed by atoms with Gasteiger partial charge < -0.3 is 11.1 Å². The van der Waals surface area contributed by atoms with Crippen molar-refractivity contribution in [1.82, 2.24) is 5.32 Å². The normalized spacial score (nSPS) is 10.4. The van der Waals surface area contributed by atoms with Gasteiger partial charge in [0.15, 0.2) is 0 Å². The van der Waals surface area contributed by atoms with Crippen LogP contribution in [0.5, 0.6) is 0 Å². The minimum absolute atomic E-state index is 0.0702. The number of carbonyl (C=O) groups is 1. The molecule has 2 rings (SSSR count). The van der Waals surface area contributed by atoms with Crippen LogP contribution in [-0.2, 0) is 17.8 Å². The van der Waals surface area contributed by atoms with E-state index in [0.29, 0.717) is 30.6 Å². The molecule has 0 bridgehead atoms. The highest BCUT2D eigenvalue weighted by atomic mass is 19.1. The van der Waals surface area contributed by atoms with Crippen LogP contribution in [0, 0.1) is 12.7 Å². The second-order valence-corrected chi connectivity index (χ2v) is 5.06. The van der Waals surface area contributed by atoms with Gasteiger partial charge >= 0.3 is 0 Å². The summed E-state index contributed by atoms with van der Waals surface area (Å²) in [5.74, 6) is -0.321. The van der Waals surface area contributed by atoms with Crippen LogP contribution in [-0.4, -0.2) is 5.91 Å². The summed E-state index contributed by atoms with van der Waals surface area (Å²) in [5.41, 5.74) is 8.85. The largest absolute Gasteiger partial charge is 0.399 e. The molecule has 0 aliphatic carbocycles. The van der Waals surface area contributed by atoms with E-state index in [1.54, 1.807) is 13.0 Å². The number of nitrogen functional groups attached to an aromatic ring is 1. The monoisotopic (exact) mass is 286 g/mol. The summed E-state index contributed by atoms with van der Waals surface area (Å²) in [6.07, 6.45) is 0.962. The van der Waals surface area contributed by atoms with Gasteiger partial charge in [0, 0.05) is 18.7 Å². The second-order valence-electron chi connectivity index (χ2n) is 5.06. The summed E-state index contributed by atoms with van der Waals surface area (Å²) in [4.78, 5) is 11.8. The molecule has 1 amide bonds. The molecule has 0 atom stereocenters. The van der Waals surface area contributed by atoms with Gasteiger partial charge in [-0.05, 0) is 42.2 Å². The first kappa shape index (κ1) is 15.0. The number of amides is 1. The Morgan fingerprint density at radius 3 is 2.71 bits per heavy atom. The maximum absolute atomic E-state index is 13.4. The first-order valence-corrected chi connectivity index (χ1v) is 6.91. The van der Waals surface area contributed by atoms with Crippen LogP contribution in [0.3, 0.4) is 0 Å². The van der Waals surface area contributed by atoms with Crippen LogP contribution in [0.15, 0.2) is 42.5 Å². The fraction of sp³-hybridized carbons (Fsp3) is 0.235. The molecular formula is C17H19FN2O. The average Bonchev–Trinajstić information content (AvgIpc) is 2.47. The number of para-hydroxylation sites is 1. The first-order chi connectivity index (χ1) is 10.1. The summed E-state index contributed by atoms with van der Waals surface area (Å²) in [6, 6.07) is 12.5. The van der Waals surface area contributed by atoms with Gasteiger partial charge in [-0.2, -0.15) is 0 Å². The number of hydrogen-bond donors (Lipinski definition) is 2. The van der Waals surface area contributed by atoms with Crippen LogP contribution in [0.2, 0.25) is 0 Å². The Hall–Kier alpha value is -2.36. The quantitative estimate of drug-likeness (QED) is 0.830. The van der Waals surface area contributed by atoms with E-state index in [2.05, 4.69) is 5.32 Å². The van der Waals surface area contributed by atoms with Crippen molar-refractivity contribution in [3.8, 4) is 0 Å². The van der Waals surface area contributed by atoms with Crippen LogP contribution in [0.1, 0.15) is 23.1 Å². The molecule has 2 aromatic carbocycles. The number of nitrogens with two attached hydrogens (primary N) is 1. The van der Waals surface area contributed by atoms with E-state index in [1.807, 2.05) is 30.3 Å². The number of benzene rings is 2. The molecule has 0 aliphatic heterocycles. The molecule has 0 spiro atoms. The third-order valence-electron chi connectivity index (χ3n) is 3.40. The van der Waals surface area contributed by atoms with E-state index < -0.39 is 0 Å². The Bertz CT molecular complexity index is 640. The lowest BCUT2D eigenvalue weighted by molar-refractivity contribution is -0.121. The SMILES string of the molecule is Cc1ccc(CNC(=O)CCc2ccccc2N)cc1F. The molecule has 2 aromatic rings. The number of carbonyl (C=O) groups excluding carboxylic acids is 1. The van der Waals surface area contributed by atoms with Crippen molar-refractivity contribution in [2.24, 2.45) is 0 Å². The molecule has 0 heterocycles. The third-order valence-corrected chi connectivity index (χ3v) is 3.40. The Morgan fingerprint density at radius 2 is 2.00 bits per heavy atom. The zero-order chi connectivity index (χ0) is 15.2. The van der Waals surface area contributed by atoms with Gasteiger partial charge in [-0.25, -0.2) is 4.39 Å². The zero-order valence-corrected chi connectivity index (χ0v) is 12.0. The highest BCUT2D eigenvalue weighted by molar-refractivity contribution is 5.76. The van der Waals surface area contributed by atoms with Crippen molar-refractivity contribution in [3.63, 3.8) is 0 Å². The summed E-state index contributed by atoms with van der Waals surface area (Å²) >= 11 is 0. The summed E-state index contributed by atoms with van der Waals surface area (Å²) in [7, 11) is 0. The molecule has 3 N–H and O–H groups in total. The van der Waals surface area contributed by atoms with Crippen molar-refractivity contribution in [1.29, 1.82) is 0 Å². The van der Waals surface area contributed by atoms with Gasteiger partial charge in [0.25, 0.3) is 0 Å². The van der Waals surface area contributed by atoms with E-state index in [0.717, 1.165) is 11.1 Å². The third kappa shape index (κ3) is 4.31. The van der Waals surface area contributed by atoms with Crippen molar-refractivity contribution < 1.29 is 9.18 Å². The van der Waals surface area contributed by atoms with Gasteiger partial charge in [0.2, 0.25) is 5.91 Å². The summed E-state index contributed by atoms with van der Waals surface area (Å²) in [5, 5.41) is 2.79. The lowest BCUT2D eigenvalue weighted by Gasteiger charge is -2.08. The number of rotatable bonds is 5. The Morgan fingerprint density at radius 1 is 1.24 bits per heavy atom. The number of nitrogens with one attached hydrogen (secondary N) is 1. The molecule has 0 saturated heterocycles. The van der Waals surface area contributed by atoms with Gasteiger partial charge in [0.05, 0.1) is 0 Å². The maximum atomic E-state index is 13.4. The minimum Gasteiger partial charge on any atom is -0.399 e. The number of hydrogen-bond acceptors (Lipinski definition) is 2. The molecular weight excluding hydrogens is 267 g/mol. The standard InChI is InChI=1S/C17H19FN2O/c1-12-6-7-13(10-15(12)18)11-20-17(21)9-8-14-4-2-3-5-16(14)19/h2-7,10H,8-9,11,19H2,1H3,(H,20,21). The van der Waals surface area contributed by atoms with Crippen molar-refractivity contribution in [2.45, 2.75) is 26.3 Å². The maximum Gasteiger partial charge on any atom is 0.220 e. The summed E-state index contributed by atoms with van der Waals surface area (Å²) in [6.45, 7) is 2.04. The summed E-state index contributed by atoms with van der Waals surface area (Å²) < 4.78 is 13.4. The van der Waals surface area contributed by atoms with Crippen LogP contribution >= 0.6 is 0 Å². The van der Waals surface area contributed by atoms with Crippen LogP contribution < -0.4 is 11.1 Å². The molecule has 0 saturated carbocycles. The molecule has 0 aliphatic rings. The Kier molecular flexibility index (Phi) is 4.93. The molecule has 110 valence electrons. The van der Waals surface area contributed by atoms with E-state index >= 15 is 0 Å². The van der Waals surface area contributed by atoms with E-state index in [1.165, 1.54) is 6.07 Å². The molecule has 4 heteroatoms. The molecule has 0 fully saturated rings. The first-order valence-electron chi connectivity index (χ1n) is 6.91.